The molecule has 0 aliphatic carbocycles. The maximum atomic E-state index is 13.5. The third-order valence-corrected chi connectivity index (χ3v) is 3.13. The molecule has 20 heavy (non-hydrogen) atoms. The summed E-state index contributed by atoms with van der Waals surface area (Å²) in [4.78, 5) is 11.8. The number of aryl methyl sites for hydroxylation is 1. The number of pyridine rings is 1. The molecule has 0 atom stereocenters. The molecule has 0 aliphatic heterocycles. The molecule has 0 aliphatic rings. The van der Waals surface area contributed by atoms with Crippen LogP contribution in [0.5, 0.6) is 0 Å². The topological polar surface area (TPSA) is 33.0 Å². The first kappa shape index (κ1) is 14.5. The van der Waals surface area contributed by atoms with Gasteiger partial charge >= 0.3 is 0 Å². The van der Waals surface area contributed by atoms with Crippen LogP contribution < -0.4 is 9.88 Å². The lowest BCUT2D eigenvalue weighted by molar-refractivity contribution is -0.684. The Morgan fingerprint density at radius 1 is 1.30 bits per heavy atom. The van der Waals surface area contributed by atoms with E-state index < -0.39 is 5.82 Å². The summed E-state index contributed by atoms with van der Waals surface area (Å²) in [6.07, 6.45) is 4.61. The number of amides is 1. The lowest BCUT2D eigenvalue weighted by Crippen LogP contribution is -2.39. The van der Waals surface area contributed by atoms with Crippen LogP contribution in [-0.4, -0.2) is 5.91 Å². The van der Waals surface area contributed by atoms with Gasteiger partial charge < -0.3 is 5.32 Å². The van der Waals surface area contributed by atoms with Gasteiger partial charge in [-0.15, -0.1) is 0 Å². The van der Waals surface area contributed by atoms with Gasteiger partial charge in [-0.25, -0.2) is 4.39 Å². The van der Waals surface area contributed by atoms with Gasteiger partial charge in [-0.05, 0) is 30.2 Å². The van der Waals surface area contributed by atoms with Gasteiger partial charge in [-0.2, -0.15) is 4.57 Å². The van der Waals surface area contributed by atoms with E-state index in [1.54, 1.807) is 4.57 Å². The van der Waals surface area contributed by atoms with Gasteiger partial charge in [0.2, 0.25) is 6.54 Å². The molecule has 104 valence electrons. The van der Waals surface area contributed by atoms with Crippen LogP contribution in [0.3, 0.4) is 0 Å². The zero-order valence-electron chi connectivity index (χ0n) is 11.1. The Morgan fingerprint density at radius 3 is 2.60 bits per heavy atom. The summed E-state index contributed by atoms with van der Waals surface area (Å²) < 4.78 is 15.3. The largest absolute Gasteiger partial charge is 0.318 e. The van der Waals surface area contributed by atoms with Gasteiger partial charge in [0.15, 0.2) is 12.4 Å². The summed E-state index contributed by atoms with van der Waals surface area (Å²) in [5.74, 6) is -0.836. The second kappa shape index (κ2) is 6.48. The van der Waals surface area contributed by atoms with E-state index in [-0.39, 0.29) is 18.1 Å². The van der Waals surface area contributed by atoms with Crippen LogP contribution in [0, 0.1) is 5.82 Å². The van der Waals surface area contributed by atoms with E-state index in [1.807, 2.05) is 24.5 Å². The Hall–Kier alpha value is -1.94. The minimum absolute atomic E-state index is 0.130. The van der Waals surface area contributed by atoms with Crippen molar-refractivity contribution in [3.8, 4) is 0 Å². The molecule has 1 amide bonds. The summed E-state index contributed by atoms with van der Waals surface area (Å²) in [5, 5.41) is 2.82. The van der Waals surface area contributed by atoms with Crippen molar-refractivity contribution in [1.29, 1.82) is 0 Å². The highest BCUT2D eigenvalue weighted by molar-refractivity contribution is 6.30. The van der Waals surface area contributed by atoms with Gasteiger partial charge in [0.1, 0.15) is 5.82 Å². The third kappa shape index (κ3) is 3.78. The number of carbonyl (C=O) groups excluding carboxylic acids is 1. The fourth-order valence-electron chi connectivity index (χ4n) is 1.78. The van der Waals surface area contributed by atoms with Crippen molar-refractivity contribution in [2.45, 2.75) is 19.9 Å². The molecule has 2 aromatic rings. The predicted molar refractivity (Wildman–Crippen MR) is 76.1 cm³/mol. The molecule has 0 radical (unpaired) electrons. The highest BCUT2D eigenvalue weighted by Gasteiger charge is 2.12. The number of nitrogens with one attached hydrogen (secondary N) is 1. The molecule has 1 heterocycles. The van der Waals surface area contributed by atoms with Gasteiger partial charge in [0.25, 0.3) is 5.91 Å². The second-order valence-corrected chi connectivity index (χ2v) is 4.84. The van der Waals surface area contributed by atoms with Gasteiger partial charge in [0, 0.05) is 17.2 Å². The van der Waals surface area contributed by atoms with Crippen molar-refractivity contribution in [3.05, 3.63) is 59.1 Å². The van der Waals surface area contributed by atoms with E-state index in [4.69, 9.17) is 11.6 Å². The smallest absolute Gasteiger partial charge is 0.290 e. The van der Waals surface area contributed by atoms with Crippen molar-refractivity contribution in [2.24, 2.45) is 0 Å². The van der Waals surface area contributed by atoms with Crippen molar-refractivity contribution in [1.82, 2.24) is 0 Å². The number of nitrogens with zero attached hydrogens (tertiary/aromatic N) is 1. The summed E-state index contributed by atoms with van der Waals surface area (Å²) in [5.41, 5.74) is 1.33. The molecular formula is C15H15ClFN2O+. The molecule has 0 fully saturated rings. The average Bonchev–Trinajstić information content (AvgIpc) is 2.43. The van der Waals surface area contributed by atoms with Crippen LogP contribution in [0.1, 0.15) is 12.5 Å². The van der Waals surface area contributed by atoms with Crippen molar-refractivity contribution >= 4 is 23.2 Å². The number of anilines is 1. The van der Waals surface area contributed by atoms with Crippen LogP contribution >= 0.6 is 11.6 Å². The number of hydrogen-bond donors (Lipinski definition) is 1. The number of hydrogen-bond acceptors (Lipinski definition) is 1. The third-order valence-electron chi connectivity index (χ3n) is 2.90. The van der Waals surface area contributed by atoms with Crippen molar-refractivity contribution in [3.63, 3.8) is 0 Å². The number of aromatic nitrogens is 1. The minimum Gasteiger partial charge on any atom is -0.318 e. The molecule has 0 spiro atoms. The van der Waals surface area contributed by atoms with Crippen molar-refractivity contribution < 1.29 is 13.8 Å². The van der Waals surface area contributed by atoms with E-state index in [0.717, 1.165) is 6.42 Å². The van der Waals surface area contributed by atoms with E-state index in [2.05, 4.69) is 12.2 Å². The monoisotopic (exact) mass is 293 g/mol. The molecule has 1 aromatic carbocycles. The van der Waals surface area contributed by atoms with Crippen LogP contribution in [-0.2, 0) is 17.8 Å². The summed E-state index contributed by atoms with van der Waals surface area (Å²) in [6, 6.07) is 8.05. The number of rotatable bonds is 4. The zero-order chi connectivity index (χ0) is 14.5. The van der Waals surface area contributed by atoms with E-state index in [9.17, 15) is 9.18 Å². The Balaban J connectivity index is 2.01. The summed E-state index contributed by atoms with van der Waals surface area (Å²) in [7, 11) is 0. The van der Waals surface area contributed by atoms with E-state index >= 15 is 0 Å². The molecule has 1 N–H and O–H groups in total. The minimum atomic E-state index is -0.544. The number of halogens is 2. The van der Waals surface area contributed by atoms with Gasteiger partial charge in [-0.1, -0.05) is 18.5 Å². The maximum absolute atomic E-state index is 13.5. The molecule has 0 saturated carbocycles. The number of benzene rings is 1. The van der Waals surface area contributed by atoms with Gasteiger partial charge in [0.05, 0.1) is 5.69 Å². The summed E-state index contributed by atoms with van der Waals surface area (Å²) >= 11 is 5.65. The normalized spacial score (nSPS) is 10.3. The molecule has 3 nitrogen and oxygen atoms in total. The molecule has 0 bridgehead atoms. The highest BCUT2D eigenvalue weighted by atomic mass is 35.5. The van der Waals surface area contributed by atoms with Crippen molar-refractivity contribution in [2.75, 3.05) is 5.32 Å². The molecule has 0 saturated heterocycles. The SMILES string of the molecule is CCc1cc[n+](CC(=O)Nc2ccc(Cl)cc2F)cc1. The lowest BCUT2D eigenvalue weighted by Gasteiger charge is -2.05. The molecule has 2 rings (SSSR count). The molecule has 1 aromatic heterocycles. The Morgan fingerprint density at radius 2 is 2.00 bits per heavy atom. The Kier molecular flexibility index (Phi) is 4.69. The first-order valence-electron chi connectivity index (χ1n) is 6.31. The summed E-state index contributed by atoms with van der Waals surface area (Å²) in [6.45, 7) is 2.20. The standard InChI is InChI=1S/C15H14ClFN2O/c1-2-11-5-7-19(8-6-11)10-15(20)18-14-4-3-12(16)9-13(14)17/h3-9H,2,10H2,1H3/p+1. The zero-order valence-corrected chi connectivity index (χ0v) is 11.8. The van der Waals surface area contributed by atoms with Crippen LogP contribution in [0.2, 0.25) is 5.02 Å². The van der Waals surface area contributed by atoms with Crippen LogP contribution in [0.25, 0.3) is 0 Å². The average molecular weight is 294 g/mol. The molecular weight excluding hydrogens is 279 g/mol. The van der Waals surface area contributed by atoms with Gasteiger partial charge in [-0.3, -0.25) is 4.79 Å². The Bertz CT molecular complexity index is 614. The number of carbonyl (C=O) groups is 1. The van der Waals surface area contributed by atoms with Crippen LogP contribution in [0.15, 0.2) is 42.7 Å². The van der Waals surface area contributed by atoms with E-state index in [0.29, 0.717) is 5.02 Å². The first-order chi connectivity index (χ1) is 9.58. The fraction of sp³-hybridized carbons (Fsp3) is 0.200. The first-order valence-corrected chi connectivity index (χ1v) is 6.69. The molecule has 5 heteroatoms. The highest BCUT2D eigenvalue weighted by Crippen LogP contribution is 2.18. The van der Waals surface area contributed by atoms with E-state index in [1.165, 1.54) is 23.8 Å². The predicted octanol–water partition coefficient (Wildman–Crippen LogP) is 2.97. The maximum Gasteiger partial charge on any atom is 0.290 e. The molecule has 0 unspecified atom stereocenters. The Labute approximate surface area is 122 Å². The quantitative estimate of drug-likeness (QED) is 0.864. The second-order valence-electron chi connectivity index (χ2n) is 4.40. The fourth-order valence-corrected chi connectivity index (χ4v) is 1.93. The van der Waals surface area contributed by atoms with Crippen LogP contribution in [0.4, 0.5) is 10.1 Å². The lowest BCUT2D eigenvalue weighted by atomic mass is 10.2.